The minimum absolute atomic E-state index is 0.310. The van der Waals surface area contributed by atoms with Crippen molar-refractivity contribution in [2.75, 3.05) is 0 Å². The third kappa shape index (κ3) is 1.02. The van der Waals surface area contributed by atoms with Crippen molar-refractivity contribution in [3.8, 4) is 0 Å². The molecule has 0 saturated carbocycles. The molecule has 1 aromatic rings. The summed E-state index contributed by atoms with van der Waals surface area (Å²) in [4.78, 5) is 0. The third-order valence-electron chi connectivity index (χ3n) is 2.55. The van der Waals surface area contributed by atoms with Gasteiger partial charge < -0.3 is 0 Å². The van der Waals surface area contributed by atoms with Crippen LogP contribution >= 0.6 is 0 Å². The van der Waals surface area contributed by atoms with Gasteiger partial charge in [-0.25, -0.2) is 8.78 Å². The molecule has 0 N–H and O–H groups in total. The standard InChI is InChI=1S/C10H10F2/c1-6-2-3-8-9(6)4-7(11)5-10(8)12/h4-6H,2-3H2,1H3/t6-/m0/s1. The molecule has 0 aliphatic heterocycles. The van der Waals surface area contributed by atoms with E-state index in [1.54, 1.807) is 0 Å². The fourth-order valence-corrected chi connectivity index (χ4v) is 1.84. The first-order chi connectivity index (χ1) is 5.68. The molecule has 0 amide bonds. The second-order valence-electron chi connectivity index (χ2n) is 3.40. The molecule has 0 heterocycles. The lowest BCUT2D eigenvalue weighted by Crippen LogP contribution is -1.92. The molecule has 1 aromatic carbocycles. The summed E-state index contributed by atoms with van der Waals surface area (Å²) >= 11 is 0. The maximum absolute atomic E-state index is 13.1. The molecule has 1 atom stereocenters. The molecule has 1 aliphatic carbocycles. The summed E-state index contributed by atoms with van der Waals surface area (Å²) in [6.45, 7) is 2.00. The summed E-state index contributed by atoms with van der Waals surface area (Å²) in [6.07, 6.45) is 1.69. The molecule has 0 bridgehead atoms. The number of benzene rings is 1. The normalized spacial score (nSPS) is 21.1. The zero-order valence-corrected chi connectivity index (χ0v) is 6.90. The topological polar surface area (TPSA) is 0 Å². The van der Waals surface area contributed by atoms with Crippen LogP contribution in [0, 0.1) is 11.6 Å². The van der Waals surface area contributed by atoms with Gasteiger partial charge in [0.2, 0.25) is 0 Å². The van der Waals surface area contributed by atoms with Crippen LogP contribution in [0.2, 0.25) is 0 Å². The van der Waals surface area contributed by atoms with E-state index < -0.39 is 5.82 Å². The Balaban J connectivity index is 2.60. The van der Waals surface area contributed by atoms with Crippen molar-refractivity contribution < 1.29 is 8.78 Å². The molecule has 2 heteroatoms. The quantitative estimate of drug-likeness (QED) is 0.558. The average Bonchev–Trinajstić information content (AvgIpc) is 2.33. The summed E-state index contributed by atoms with van der Waals surface area (Å²) in [5, 5.41) is 0. The SMILES string of the molecule is C[C@H]1CCc2c(F)cc(F)cc21. The van der Waals surface area contributed by atoms with E-state index in [-0.39, 0.29) is 5.82 Å². The van der Waals surface area contributed by atoms with Crippen LogP contribution in [0.4, 0.5) is 8.78 Å². The van der Waals surface area contributed by atoms with Gasteiger partial charge in [-0.3, -0.25) is 0 Å². The molecule has 0 nitrogen and oxygen atoms in total. The van der Waals surface area contributed by atoms with E-state index in [0.717, 1.165) is 24.5 Å². The predicted molar refractivity (Wildman–Crippen MR) is 43.1 cm³/mol. The van der Waals surface area contributed by atoms with Gasteiger partial charge in [0.15, 0.2) is 0 Å². The van der Waals surface area contributed by atoms with E-state index in [9.17, 15) is 8.78 Å². The van der Waals surface area contributed by atoms with Crippen molar-refractivity contribution >= 4 is 0 Å². The van der Waals surface area contributed by atoms with E-state index in [1.807, 2.05) is 6.92 Å². The van der Waals surface area contributed by atoms with Crippen molar-refractivity contribution in [3.05, 3.63) is 34.9 Å². The molecule has 1 aliphatic rings. The molecular weight excluding hydrogens is 158 g/mol. The Bertz CT molecular complexity index is 318. The van der Waals surface area contributed by atoms with Crippen LogP contribution in [0.5, 0.6) is 0 Å². The molecule has 0 saturated heterocycles. The van der Waals surface area contributed by atoms with E-state index in [0.29, 0.717) is 11.5 Å². The van der Waals surface area contributed by atoms with Gasteiger partial charge in [0.1, 0.15) is 11.6 Å². The predicted octanol–water partition coefficient (Wildman–Crippen LogP) is 3.01. The maximum atomic E-state index is 13.1. The van der Waals surface area contributed by atoms with Crippen molar-refractivity contribution in [1.82, 2.24) is 0 Å². The molecule has 0 radical (unpaired) electrons. The van der Waals surface area contributed by atoms with Crippen LogP contribution < -0.4 is 0 Å². The van der Waals surface area contributed by atoms with Gasteiger partial charge >= 0.3 is 0 Å². The van der Waals surface area contributed by atoms with Crippen LogP contribution in [0.3, 0.4) is 0 Å². The van der Waals surface area contributed by atoms with Gasteiger partial charge in [-0.1, -0.05) is 6.92 Å². The largest absolute Gasteiger partial charge is 0.207 e. The zero-order valence-electron chi connectivity index (χ0n) is 6.90. The van der Waals surface area contributed by atoms with Crippen LogP contribution in [0.25, 0.3) is 0 Å². The van der Waals surface area contributed by atoms with Gasteiger partial charge in [-0.15, -0.1) is 0 Å². The number of hydrogen-bond acceptors (Lipinski definition) is 0. The second kappa shape index (κ2) is 2.54. The van der Waals surface area contributed by atoms with Crippen molar-refractivity contribution in [2.45, 2.75) is 25.7 Å². The molecule has 2 rings (SSSR count). The average molecular weight is 168 g/mol. The summed E-state index contributed by atoms with van der Waals surface area (Å²) in [5.74, 6) is -0.528. The summed E-state index contributed by atoms with van der Waals surface area (Å²) in [6, 6.07) is 2.42. The summed E-state index contributed by atoms with van der Waals surface area (Å²) < 4.78 is 25.8. The fourth-order valence-electron chi connectivity index (χ4n) is 1.84. The second-order valence-corrected chi connectivity index (χ2v) is 3.40. The Kier molecular flexibility index (Phi) is 1.63. The Hall–Kier alpha value is -0.920. The minimum atomic E-state index is -0.458. The number of hydrogen-bond donors (Lipinski definition) is 0. The van der Waals surface area contributed by atoms with Crippen LogP contribution in [-0.2, 0) is 6.42 Å². The lowest BCUT2D eigenvalue weighted by Gasteiger charge is -2.04. The molecule has 0 aromatic heterocycles. The molecule has 0 spiro atoms. The van der Waals surface area contributed by atoms with Crippen molar-refractivity contribution in [3.63, 3.8) is 0 Å². The van der Waals surface area contributed by atoms with Gasteiger partial charge in [-0.2, -0.15) is 0 Å². The van der Waals surface area contributed by atoms with E-state index in [4.69, 9.17) is 0 Å². The molecule has 0 unspecified atom stereocenters. The highest BCUT2D eigenvalue weighted by atomic mass is 19.1. The highest BCUT2D eigenvalue weighted by Crippen LogP contribution is 2.34. The van der Waals surface area contributed by atoms with Crippen LogP contribution in [-0.4, -0.2) is 0 Å². The van der Waals surface area contributed by atoms with E-state index >= 15 is 0 Å². The summed E-state index contributed by atoms with van der Waals surface area (Å²) in [7, 11) is 0. The number of rotatable bonds is 0. The monoisotopic (exact) mass is 168 g/mol. The first-order valence-corrected chi connectivity index (χ1v) is 4.16. The third-order valence-corrected chi connectivity index (χ3v) is 2.55. The first-order valence-electron chi connectivity index (χ1n) is 4.16. The highest BCUT2D eigenvalue weighted by Gasteiger charge is 2.22. The molecule has 0 fully saturated rings. The van der Waals surface area contributed by atoms with Gasteiger partial charge in [0.05, 0.1) is 0 Å². The molecule has 64 valence electrons. The number of fused-ring (bicyclic) bond motifs is 1. The van der Waals surface area contributed by atoms with Gasteiger partial charge in [-0.05, 0) is 36.0 Å². The van der Waals surface area contributed by atoms with Gasteiger partial charge in [0, 0.05) is 6.07 Å². The Morgan fingerprint density at radius 3 is 2.83 bits per heavy atom. The maximum Gasteiger partial charge on any atom is 0.129 e. The smallest absolute Gasteiger partial charge is 0.129 e. The molecular formula is C10H10F2. The Labute approximate surface area is 70.2 Å². The highest BCUT2D eigenvalue weighted by molar-refractivity contribution is 5.36. The Morgan fingerprint density at radius 1 is 1.33 bits per heavy atom. The van der Waals surface area contributed by atoms with E-state index in [1.165, 1.54) is 6.07 Å². The zero-order chi connectivity index (χ0) is 8.72. The van der Waals surface area contributed by atoms with Crippen LogP contribution in [0.1, 0.15) is 30.4 Å². The van der Waals surface area contributed by atoms with E-state index in [2.05, 4.69) is 0 Å². The fraction of sp³-hybridized carbons (Fsp3) is 0.400. The van der Waals surface area contributed by atoms with Crippen LogP contribution in [0.15, 0.2) is 12.1 Å². The molecule has 12 heavy (non-hydrogen) atoms. The Morgan fingerprint density at radius 2 is 2.08 bits per heavy atom. The first kappa shape index (κ1) is 7.71. The summed E-state index contributed by atoms with van der Waals surface area (Å²) in [5.41, 5.74) is 1.57. The van der Waals surface area contributed by atoms with Crippen molar-refractivity contribution in [1.29, 1.82) is 0 Å². The lowest BCUT2D eigenvalue weighted by atomic mass is 10.0. The number of halogens is 2. The minimum Gasteiger partial charge on any atom is -0.207 e. The lowest BCUT2D eigenvalue weighted by molar-refractivity contribution is 0.574. The van der Waals surface area contributed by atoms with Crippen molar-refractivity contribution in [2.24, 2.45) is 0 Å². The van der Waals surface area contributed by atoms with Gasteiger partial charge in [0.25, 0.3) is 0 Å².